The largest absolute Gasteiger partial charge is 0.382 e. The van der Waals surface area contributed by atoms with Crippen molar-refractivity contribution in [2.24, 2.45) is 0 Å². The number of nitrogens with one attached hydrogen (secondary N) is 1. The van der Waals surface area contributed by atoms with Crippen LogP contribution in [-0.4, -0.2) is 37.3 Å². The SMILES string of the molecule is Nc1nc2cc(-c3ccc(F)nc3)ccc2c2nc(CN3CCCC3=O)[nH]c12. The Kier molecular flexibility index (Phi) is 3.71. The molecule has 3 aromatic heterocycles. The maximum Gasteiger partial charge on any atom is 0.223 e. The molecule has 4 aromatic rings. The van der Waals surface area contributed by atoms with Gasteiger partial charge in [-0.3, -0.25) is 4.79 Å². The van der Waals surface area contributed by atoms with Gasteiger partial charge in [0.1, 0.15) is 22.7 Å². The average molecular weight is 376 g/mol. The van der Waals surface area contributed by atoms with Crippen LogP contribution in [0.5, 0.6) is 0 Å². The highest BCUT2D eigenvalue weighted by molar-refractivity contribution is 6.07. The van der Waals surface area contributed by atoms with E-state index in [1.165, 1.54) is 12.3 Å². The fraction of sp³-hybridized carbons (Fsp3) is 0.200. The second-order valence-corrected chi connectivity index (χ2v) is 6.92. The molecule has 1 saturated heterocycles. The zero-order valence-electron chi connectivity index (χ0n) is 14.9. The van der Waals surface area contributed by atoms with Crippen molar-refractivity contribution < 1.29 is 9.18 Å². The number of benzene rings is 1. The van der Waals surface area contributed by atoms with E-state index in [-0.39, 0.29) is 5.91 Å². The minimum atomic E-state index is -0.519. The van der Waals surface area contributed by atoms with E-state index >= 15 is 0 Å². The number of hydrogen-bond donors (Lipinski definition) is 2. The van der Waals surface area contributed by atoms with Crippen LogP contribution in [-0.2, 0) is 11.3 Å². The lowest BCUT2D eigenvalue weighted by molar-refractivity contribution is -0.128. The molecule has 0 aliphatic carbocycles. The predicted molar refractivity (Wildman–Crippen MR) is 104 cm³/mol. The zero-order chi connectivity index (χ0) is 19.3. The molecule has 28 heavy (non-hydrogen) atoms. The van der Waals surface area contributed by atoms with Crippen molar-refractivity contribution in [2.75, 3.05) is 12.3 Å². The number of nitrogens with two attached hydrogens (primary N) is 1. The summed E-state index contributed by atoms with van der Waals surface area (Å²) in [5, 5.41) is 0.860. The third kappa shape index (κ3) is 2.74. The number of fused-ring (bicyclic) bond motifs is 3. The van der Waals surface area contributed by atoms with Crippen molar-refractivity contribution in [1.82, 2.24) is 24.8 Å². The van der Waals surface area contributed by atoms with Crippen LogP contribution >= 0.6 is 0 Å². The van der Waals surface area contributed by atoms with Crippen molar-refractivity contribution >= 4 is 33.7 Å². The van der Waals surface area contributed by atoms with Gasteiger partial charge in [-0.05, 0) is 36.2 Å². The van der Waals surface area contributed by atoms with Crippen LogP contribution < -0.4 is 5.73 Å². The first-order chi connectivity index (χ1) is 13.6. The Morgan fingerprint density at radius 1 is 1.18 bits per heavy atom. The molecular weight excluding hydrogens is 359 g/mol. The number of aromatic amines is 1. The van der Waals surface area contributed by atoms with Crippen LogP contribution in [0, 0.1) is 5.95 Å². The molecule has 8 heteroatoms. The van der Waals surface area contributed by atoms with Gasteiger partial charge in [0.15, 0.2) is 0 Å². The molecule has 3 N–H and O–H groups in total. The fourth-order valence-corrected chi connectivity index (χ4v) is 3.67. The summed E-state index contributed by atoms with van der Waals surface area (Å²) in [5.41, 5.74) is 9.91. The van der Waals surface area contributed by atoms with Crippen molar-refractivity contribution in [3.63, 3.8) is 0 Å². The molecule has 4 heterocycles. The predicted octanol–water partition coefficient (Wildman–Crippen LogP) is 3.02. The standard InChI is InChI=1S/C20H17FN6O/c21-15-6-4-12(9-23-15)11-3-5-13-14(8-11)24-20(22)19-18(13)25-16(26-19)10-27-7-1-2-17(27)28/h3-6,8-9H,1-2,7,10H2,(H2,22,24)(H,25,26). The van der Waals surface area contributed by atoms with Gasteiger partial charge in [-0.2, -0.15) is 4.39 Å². The number of hydrogen-bond acceptors (Lipinski definition) is 5. The molecule has 5 rings (SSSR count). The van der Waals surface area contributed by atoms with Crippen molar-refractivity contribution in [3.05, 3.63) is 48.3 Å². The topological polar surface area (TPSA) is 101 Å². The lowest BCUT2D eigenvalue weighted by Gasteiger charge is -2.12. The van der Waals surface area contributed by atoms with Gasteiger partial charge < -0.3 is 15.6 Å². The van der Waals surface area contributed by atoms with E-state index in [0.29, 0.717) is 35.6 Å². The van der Waals surface area contributed by atoms with Crippen molar-refractivity contribution in [2.45, 2.75) is 19.4 Å². The maximum atomic E-state index is 13.1. The van der Waals surface area contributed by atoms with Crippen molar-refractivity contribution in [3.8, 4) is 11.1 Å². The van der Waals surface area contributed by atoms with E-state index in [0.717, 1.165) is 35.0 Å². The number of nitrogens with zero attached hydrogens (tertiary/aromatic N) is 4. The van der Waals surface area contributed by atoms with Crippen LogP contribution in [0.25, 0.3) is 33.1 Å². The second kappa shape index (κ2) is 6.26. The van der Waals surface area contributed by atoms with Crippen LogP contribution in [0.4, 0.5) is 10.2 Å². The Bertz CT molecular complexity index is 1220. The summed E-state index contributed by atoms with van der Waals surface area (Å²) in [6.07, 6.45) is 2.96. The van der Waals surface area contributed by atoms with E-state index in [1.807, 2.05) is 18.2 Å². The molecule has 1 fully saturated rings. The number of anilines is 1. The third-order valence-electron chi connectivity index (χ3n) is 5.08. The highest BCUT2D eigenvalue weighted by atomic mass is 19.1. The molecule has 7 nitrogen and oxygen atoms in total. The fourth-order valence-electron chi connectivity index (χ4n) is 3.67. The highest BCUT2D eigenvalue weighted by Crippen LogP contribution is 2.30. The van der Waals surface area contributed by atoms with Crippen LogP contribution in [0.15, 0.2) is 36.5 Å². The first-order valence-corrected chi connectivity index (χ1v) is 9.06. The lowest BCUT2D eigenvalue weighted by Crippen LogP contribution is -2.24. The first-order valence-electron chi connectivity index (χ1n) is 9.06. The number of aromatic nitrogens is 4. The smallest absolute Gasteiger partial charge is 0.223 e. The molecule has 1 aliphatic heterocycles. The molecule has 0 bridgehead atoms. The Morgan fingerprint density at radius 3 is 2.79 bits per heavy atom. The molecular formula is C20H17FN6O. The van der Waals surface area contributed by atoms with E-state index < -0.39 is 5.95 Å². The summed E-state index contributed by atoms with van der Waals surface area (Å²) in [5.74, 6) is 0.671. The normalized spacial score (nSPS) is 14.5. The van der Waals surface area contributed by atoms with Gasteiger partial charge in [0.2, 0.25) is 11.9 Å². The van der Waals surface area contributed by atoms with Crippen molar-refractivity contribution in [1.29, 1.82) is 0 Å². The number of nitrogen functional groups attached to an aromatic ring is 1. The van der Waals surface area contributed by atoms with E-state index in [1.54, 1.807) is 11.0 Å². The number of likely N-dealkylation sites (tertiary alicyclic amines) is 1. The lowest BCUT2D eigenvalue weighted by atomic mass is 10.0. The number of carbonyl (C=O) groups excluding carboxylic acids is 1. The zero-order valence-corrected chi connectivity index (χ0v) is 14.9. The molecule has 1 aliphatic rings. The average Bonchev–Trinajstić information content (AvgIpc) is 3.29. The molecule has 0 radical (unpaired) electrons. The molecule has 1 aromatic carbocycles. The number of H-pyrrole nitrogens is 1. The van der Waals surface area contributed by atoms with E-state index in [9.17, 15) is 9.18 Å². The Morgan fingerprint density at radius 2 is 2.04 bits per heavy atom. The molecule has 0 saturated carbocycles. The molecule has 0 spiro atoms. The monoisotopic (exact) mass is 376 g/mol. The number of halogens is 1. The summed E-state index contributed by atoms with van der Waals surface area (Å²) in [7, 11) is 0. The molecule has 0 atom stereocenters. The number of amides is 1. The van der Waals surface area contributed by atoms with E-state index in [2.05, 4.69) is 19.9 Å². The molecule has 0 unspecified atom stereocenters. The van der Waals surface area contributed by atoms with Gasteiger partial charge >= 0.3 is 0 Å². The summed E-state index contributed by atoms with van der Waals surface area (Å²) in [6, 6.07) is 8.73. The summed E-state index contributed by atoms with van der Waals surface area (Å²) in [6.45, 7) is 1.19. The van der Waals surface area contributed by atoms with Crippen LogP contribution in [0.2, 0.25) is 0 Å². The van der Waals surface area contributed by atoms with Gasteiger partial charge in [0.25, 0.3) is 0 Å². The number of carbonyl (C=O) groups is 1. The number of rotatable bonds is 3. The molecule has 140 valence electrons. The summed E-state index contributed by atoms with van der Waals surface area (Å²) in [4.78, 5) is 29.8. The number of imidazole rings is 1. The number of pyridine rings is 2. The Balaban J connectivity index is 1.58. The minimum absolute atomic E-state index is 0.147. The van der Waals surface area contributed by atoms with Crippen LogP contribution in [0.1, 0.15) is 18.7 Å². The van der Waals surface area contributed by atoms with Gasteiger partial charge in [-0.15, -0.1) is 0 Å². The second-order valence-electron chi connectivity index (χ2n) is 6.92. The Hall–Kier alpha value is -3.55. The minimum Gasteiger partial charge on any atom is -0.382 e. The van der Waals surface area contributed by atoms with Gasteiger partial charge in [0, 0.05) is 30.1 Å². The van der Waals surface area contributed by atoms with Gasteiger partial charge in [0.05, 0.1) is 12.1 Å². The maximum absolute atomic E-state index is 13.1. The molecule has 1 amide bonds. The Labute approximate surface area is 159 Å². The van der Waals surface area contributed by atoms with Crippen LogP contribution in [0.3, 0.4) is 0 Å². The summed E-state index contributed by atoms with van der Waals surface area (Å²) < 4.78 is 13.1. The highest BCUT2D eigenvalue weighted by Gasteiger charge is 2.22. The quantitative estimate of drug-likeness (QED) is 0.535. The third-order valence-corrected chi connectivity index (χ3v) is 5.08. The first kappa shape index (κ1) is 16.6. The summed E-state index contributed by atoms with van der Waals surface area (Å²) >= 11 is 0. The van der Waals surface area contributed by atoms with Gasteiger partial charge in [-0.25, -0.2) is 15.0 Å². The van der Waals surface area contributed by atoms with E-state index in [4.69, 9.17) is 5.73 Å². The van der Waals surface area contributed by atoms with Gasteiger partial charge in [-0.1, -0.05) is 6.07 Å².